The van der Waals surface area contributed by atoms with Crippen molar-refractivity contribution in [2.75, 3.05) is 11.9 Å². The van der Waals surface area contributed by atoms with Crippen molar-refractivity contribution >= 4 is 22.4 Å². The Morgan fingerprint density at radius 2 is 1.83 bits per heavy atom. The van der Waals surface area contributed by atoms with Crippen molar-refractivity contribution in [2.45, 2.75) is 19.4 Å². The Bertz CT molecular complexity index is 646. The van der Waals surface area contributed by atoms with Gasteiger partial charge in [0, 0.05) is 12.4 Å². The van der Waals surface area contributed by atoms with Crippen molar-refractivity contribution in [1.82, 2.24) is 0 Å². The Kier molecular flexibility index (Phi) is 2.14. The fraction of sp³-hybridized carbons (Fsp3) is 0.267. The van der Waals surface area contributed by atoms with E-state index in [-0.39, 0.29) is 5.91 Å². The molecule has 0 bridgehead atoms. The summed E-state index contributed by atoms with van der Waals surface area (Å²) in [6, 6.07) is 12.0. The summed E-state index contributed by atoms with van der Waals surface area (Å²) in [6.45, 7) is 3.59. The highest BCUT2D eigenvalue weighted by molar-refractivity contribution is 6.10. The quantitative estimate of drug-likeness (QED) is 0.709. The predicted octanol–water partition coefficient (Wildman–Crippen LogP) is 2.97. The monoisotopic (exact) mass is 241 g/mol. The number of nitrogens with zero attached hydrogens (tertiary/aromatic N) is 1. The number of amides is 1. The number of benzene rings is 2. The summed E-state index contributed by atoms with van der Waals surface area (Å²) >= 11 is 0. The molecule has 3 nitrogen and oxygen atoms in total. The molecular weight excluding hydrogens is 226 g/mol. The van der Waals surface area contributed by atoms with E-state index in [0.29, 0.717) is 0 Å². The molecule has 1 heterocycles. The third-order valence-corrected chi connectivity index (χ3v) is 3.38. The van der Waals surface area contributed by atoms with Crippen LogP contribution in [0.25, 0.3) is 10.8 Å². The number of fused-ring (bicyclic) bond motifs is 3. The van der Waals surface area contributed by atoms with Crippen molar-refractivity contribution in [3.8, 4) is 5.75 Å². The summed E-state index contributed by atoms with van der Waals surface area (Å²) in [5, 5.41) is 2.15. The second-order valence-corrected chi connectivity index (χ2v) is 5.11. The predicted molar refractivity (Wildman–Crippen MR) is 72.1 cm³/mol. The van der Waals surface area contributed by atoms with Crippen LogP contribution >= 0.6 is 0 Å². The van der Waals surface area contributed by atoms with Crippen molar-refractivity contribution in [3.05, 3.63) is 36.4 Å². The van der Waals surface area contributed by atoms with Crippen molar-refractivity contribution in [3.63, 3.8) is 0 Å². The van der Waals surface area contributed by atoms with E-state index in [0.717, 1.165) is 22.2 Å². The molecule has 3 heteroatoms. The highest BCUT2D eigenvalue weighted by Gasteiger charge is 2.39. The summed E-state index contributed by atoms with van der Waals surface area (Å²) < 4.78 is 5.82. The Morgan fingerprint density at radius 3 is 2.61 bits per heavy atom. The molecule has 1 amide bonds. The van der Waals surface area contributed by atoms with Gasteiger partial charge in [-0.05, 0) is 25.3 Å². The molecule has 0 aromatic heterocycles. The third kappa shape index (κ3) is 1.40. The van der Waals surface area contributed by atoms with E-state index in [2.05, 4.69) is 0 Å². The van der Waals surface area contributed by atoms with Crippen LogP contribution in [-0.2, 0) is 4.79 Å². The molecule has 2 aromatic carbocycles. The zero-order valence-electron chi connectivity index (χ0n) is 10.7. The molecule has 18 heavy (non-hydrogen) atoms. The van der Waals surface area contributed by atoms with E-state index in [1.165, 1.54) is 0 Å². The van der Waals surface area contributed by atoms with Crippen LogP contribution < -0.4 is 9.64 Å². The summed E-state index contributed by atoms with van der Waals surface area (Å²) in [4.78, 5) is 13.9. The van der Waals surface area contributed by atoms with Crippen LogP contribution in [0.1, 0.15) is 13.8 Å². The second-order valence-electron chi connectivity index (χ2n) is 5.11. The van der Waals surface area contributed by atoms with Crippen LogP contribution in [0, 0.1) is 0 Å². The minimum atomic E-state index is -0.801. The van der Waals surface area contributed by atoms with E-state index in [1.807, 2.05) is 36.4 Å². The van der Waals surface area contributed by atoms with E-state index in [9.17, 15) is 4.79 Å². The summed E-state index contributed by atoms with van der Waals surface area (Å²) in [5.74, 6) is 0.743. The van der Waals surface area contributed by atoms with Gasteiger partial charge in [0.2, 0.25) is 0 Å². The Balaban J connectivity index is 2.32. The molecule has 0 aliphatic carbocycles. The largest absolute Gasteiger partial charge is 0.476 e. The average molecular weight is 241 g/mol. The maximum atomic E-state index is 12.3. The van der Waals surface area contributed by atoms with E-state index >= 15 is 0 Å². The molecule has 1 aliphatic heterocycles. The molecule has 92 valence electrons. The Labute approximate surface area is 106 Å². The van der Waals surface area contributed by atoms with Gasteiger partial charge in [-0.25, -0.2) is 0 Å². The highest BCUT2D eigenvalue weighted by atomic mass is 16.5. The number of ether oxygens (including phenoxy) is 1. The van der Waals surface area contributed by atoms with Gasteiger partial charge in [-0.15, -0.1) is 0 Å². The second kappa shape index (κ2) is 3.48. The number of carbonyl (C=O) groups is 1. The first-order valence-corrected chi connectivity index (χ1v) is 5.99. The minimum Gasteiger partial charge on any atom is -0.476 e. The van der Waals surface area contributed by atoms with Gasteiger partial charge >= 0.3 is 0 Å². The number of rotatable bonds is 0. The number of carbonyl (C=O) groups excluding carboxylic acids is 1. The molecule has 0 radical (unpaired) electrons. The fourth-order valence-electron chi connectivity index (χ4n) is 2.49. The van der Waals surface area contributed by atoms with Gasteiger partial charge < -0.3 is 9.64 Å². The summed E-state index contributed by atoms with van der Waals surface area (Å²) in [7, 11) is 1.80. The lowest BCUT2D eigenvalue weighted by Crippen LogP contribution is -2.50. The van der Waals surface area contributed by atoms with Gasteiger partial charge in [0.15, 0.2) is 5.60 Å². The van der Waals surface area contributed by atoms with Gasteiger partial charge in [-0.3, -0.25) is 4.79 Å². The lowest BCUT2D eigenvalue weighted by Gasteiger charge is -2.37. The molecule has 0 saturated carbocycles. The van der Waals surface area contributed by atoms with Gasteiger partial charge in [-0.2, -0.15) is 0 Å². The zero-order chi connectivity index (χ0) is 12.9. The average Bonchev–Trinajstić information content (AvgIpc) is 2.35. The fourth-order valence-corrected chi connectivity index (χ4v) is 2.49. The summed E-state index contributed by atoms with van der Waals surface area (Å²) in [6.07, 6.45) is 0. The van der Waals surface area contributed by atoms with E-state index < -0.39 is 5.60 Å². The molecule has 0 fully saturated rings. The number of hydrogen-bond donors (Lipinski definition) is 0. The van der Waals surface area contributed by atoms with Gasteiger partial charge in [0.05, 0.1) is 5.69 Å². The van der Waals surface area contributed by atoms with Crippen LogP contribution in [0.15, 0.2) is 36.4 Å². The normalized spacial score (nSPS) is 17.5. The van der Waals surface area contributed by atoms with E-state index in [4.69, 9.17) is 4.74 Å². The van der Waals surface area contributed by atoms with E-state index in [1.54, 1.807) is 25.8 Å². The molecule has 0 unspecified atom stereocenters. The molecular formula is C15H15NO2. The van der Waals surface area contributed by atoms with Gasteiger partial charge in [0.1, 0.15) is 5.75 Å². The first-order chi connectivity index (χ1) is 8.50. The summed E-state index contributed by atoms with van der Waals surface area (Å²) in [5.41, 5.74) is 0.0573. The Morgan fingerprint density at radius 1 is 1.11 bits per heavy atom. The SMILES string of the molecule is CN1C(=O)C(C)(C)Oc2ccc3ccccc3c21. The molecule has 0 spiro atoms. The number of anilines is 1. The van der Waals surface area contributed by atoms with Crippen LogP contribution in [0.2, 0.25) is 0 Å². The number of hydrogen-bond acceptors (Lipinski definition) is 2. The first kappa shape index (κ1) is 11.1. The van der Waals surface area contributed by atoms with Crippen molar-refractivity contribution in [2.24, 2.45) is 0 Å². The van der Waals surface area contributed by atoms with Crippen LogP contribution in [-0.4, -0.2) is 18.6 Å². The van der Waals surface area contributed by atoms with Crippen LogP contribution in [0.4, 0.5) is 5.69 Å². The molecule has 3 rings (SSSR count). The lowest BCUT2D eigenvalue weighted by molar-refractivity contribution is -0.132. The lowest BCUT2D eigenvalue weighted by atomic mass is 10.0. The molecule has 0 atom stereocenters. The number of likely N-dealkylation sites (N-methyl/N-ethyl adjacent to an activating group) is 1. The van der Waals surface area contributed by atoms with Gasteiger partial charge in [-0.1, -0.05) is 30.3 Å². The third-order valence-electron chi connectivity index (χ3n) is 3.38. The van der Waals surface area contributed by atoms with Crippen LogP contribution in [0.5, 0.6) is 5.75 Å². The highest BCUT2D eigenvalue weighted by Crippen LogP contribution is 2.41. The maximum Gasteiger partial charge on any atom is 0.270 e. The van der Waals surface area contributed by atoms with Crippen molar-refractivity contribution in [1.29, 1.82) is 0 Å². The zero-order valence-corrected chi connectivity index (χ0v) is 10.7. The molecule has 1 aliphatic rings. The van der Waals surface area contributed by atoms with Crippen LogP contribution in [0.3, 0.4) is 0 Å². The Hall–Kier alpha value is -2.03. The molecule has 0 saturated heterocycles. The van der Waals surface area contributed by atoms with Gasteiger partial charge in [0.25, 0.3) is 5.91 Å². The maximum absolute atomic E-state index is 12.3. The minimum absolute atomic E-state index is 0.0219. The molecule has 0 N–H and O–H groups in total. The smallest absolute Gasteiger partial charge is 0.270 e. The molecule has 2 aromatic rings. The first-order valence-electron chi connectivity index (χ1n) is 5.99. The topological polar surface area (TPSA) is 29.5 Å². The van der Waals surface area contributed by atoms with Crippen molar-refractivity contribution < 1.29 is 9.53 Å². The standard InChI is InChI=1S/C15H15NO2/c1-15(2)14(17)16(3)13-11-7-5-4-6-10(11)8-9-12(13)18-15/h4-9H,1-3H3.